The second-order valence-corrected chi connectivity index (χ2v) is 4.19. The van der Waals surface area contributed by atoms with Crippen molar-refractivity contribution in [2.45, 2.75) is 25.3 Å². The lowest BCUT2D eigenvalue weighted by Gasteiger charge is -2.09. The van der Waals surface area contributed by atoms with Crippen LogP contribution in [-0.4, -0.2) is 25.0 Å². The molecular formula is C11H14ClNO4. The number of carbonyl (C=O) groups is 2. The van der Waals surface area contributed by atoms with Gasteiger partial charge >= 0.3 is 5.97 Å². The summed E-state index contributed by atoms with van der Waals surface area (Å²) in [6, 6.07) is 2.40. The van der Waals surface area contributed by atoms with Gasteiger partial charge < -0.3 is 14.5 Å². The van der Waals surface area contributed by atoms with Crippen LogP contribution in [0.1, 0.15) is 35.5 Å². The maximum atomic E-state index is 11.7. The van der Waals surface area contributed by atoms with Crippen LogP contribution in [0.2, 0.25) is 0 Å². The molecule has 0 aliphatic carbocycles. The van der Waals surface area contributed by atoms with Gasteiger partial charge in [0.1, 0.15) is 11.8 Å². The number of esters is 1. The zero-order chi connectivity index (χ0) is 13.0. The van der Waals surface area contributed by atoms with Gasteiger partial charge in [0.2, 0.25) is 0 Å². The summed E-state index contributed by atoms with van der Waals surface area (Å²) in [6.45, 7) is 3.26. The van der Waals surface area contributed by atoms with Gasteiger partial charge in [0.05, 0.1) is 12.5 Å². The van der Waals surface area contributed by atoms with Crippen LogP contribution >= 0.6 is 11.6 Å². The van der Waals surface area contributed by atoms with Crippen LogP contribution in [0.5, 0.6) is 0 Å². The second-order valence-electron chi connectivity index (χ2n) is 3.54. The van der Waals surface area contributed by atoms with Crippen LogP contribution in [0.15, 0.2) is 16.5 Å². The fraction of sp³-hybridized carbons (Fsp3) is 0.455. The Bertz CT molecular complexity index is 413. The molecule has 0 aromatic carbocycles. The lowest BCUT2D eigenvalue weighted by Crippen LogP contribution is -2.38. The Morgan fingerprint density at radius 1 is 1.41 bits per heavy atom. The zero-order valence-corrected chi connectivity index (χ0v) is 10.6. The molecule has 1 aromatic rings. The number of nitrogens with one attached hydrogen (secondary N) is 1. The highest BCUT2D eigenvalue weighted by atomic mass is 35.5. The summed E-state index contributed by atoms with van der Waals surface area (Å²) in [7, 11) is 1.26. The third-order valence-electron chi connectivity index (χ3n) is 2.14. The molecule has 1 rings (SSSR count). The van der Waals surface area contributed by atoms with Crippen LogP contribution in [0, 0.1) is 0 Å². The van der Waals surface area contributed by atoms with E-state index < -0.39 is 17.9 Å². The van der Waals surface area contributed by atoms with Gasteiger partial charge in [-0.05, 0) is 26.0 Å². The number of methoxy groups -OCH3 is 1. The third-order valence-corrected chi connectivity index (χ3v) is 2.36. The summed E-state index contributed by atoms with van der Waals surface area (Å²) in [6.07, 6.45) is 0. The molecule has 1 amide bonds. The van der Waals surface area contributed by atoms with Gasteiger partial charge in [-0.3, -0.25) is 4.79 Å². The quantitative estimate of drug-likeness (QED) is 0.662. The van der Waals surface area contributed by atoms with E-state index in [0.29, 0.717) is 5.76 Å². The summed E-state index contributed by atoms with van der Waals surface area (Å²) in [5.74, 6) is -0.381. The van der Waals surface area contributed by atoms with Crippen molar-refractivity contribution in [1.29, 1.82) is 0 Å². The molecule has 0 bridgehead atoms. The maximum absolute atomic E-state index is 11.7. The van der Waals surface area contributed by atoms with Gasteiger partial charge in [-0.15, -0.1) is 11.6 Å². The Morgan fingerprint density at radius 2 is 2.06 bits per heavy atom. The first kappa shape index (κ1) is 13.6. The molecule has 17 heavy (non-hydrogen) atoms. The number of ether oxygens (including phenoxy) is 1. The van der Waals surface area contributed by atoms with E-state index in [1.807, 2.05) is 0 Å². The summed E-state index contributed by atoms with van der Waals surface area (Å²) >= 11 is 5.80. The minimum Gasteiger partial charge on any atom is -0.467 e. The van der Waals surface area contributed by atoms with Crippen molar-refractivity contribution < 1.29 is 18.7 Å². The smallest absolute Gasteiger partial charge is 0.328 e. The summed E-state index contributed by atoms with van der Waals surface area (Å²) in [5.41, 5.74) is 0. The fourth-order valence-corrected chi connectivity index (χ4v) is 1.31. The van der Waals surface area contributed by atoms with Crippen molar-refractivity contribution in [1.82, 2.24) is 5.32 Å². The molecule has 0 saturated heterocycles. The molecule has 2 unspecified atom stereocenters. The third kappa shape index (κ3) is 3.49. The monoisotopic (exact) mass is 259 g/mol. The number of amides is 1. The Balaban J connectivity index is 2.66. The van der Waals surface area contributed by atoms with Crippen LogP contribution in [0.25, 0.3) is 0 Å². The highest BCUT2D eigenvalue weighted by molar-refractivity contribution is 6.20. The summed E-state index contributed by atoms with van der Waals surface area (Å²) < 4.78 is 9.71. The highest BCUT2D eigenvalue weighted by Crippen LogP contribution is 2.21. The van der Waals surface area contributed by atoms with Gasteiger partial charge in [0, 0.05) is 0 Å². The Kier molecular flexibility index (Phi) is 4.57. The van der Waals surface area contributed by atoms with Crippen molar-refractivity contribution >= 4 is 23.5 Å². The van der Waals surface area contributed by atoms with Crippen LogP contribution in [0.4, 0.5) is 0 Å². The molecule has 1 heterocycles. The van der Waals surface area contributed by atoms with E-state index in [-0.39, 0.29) is 11.1 Å². The van der Waals surface area contributed by atoms with Crippen LogP contribution in [-0.2, 0) is 9.53 Å². The molecule has 0 spiro atoms. The van der Waals surface area contributed by atoms with Crippen molar-refractivity contribution in [2.75, 3.05) is 7.11 Å². The van der Waals surface area contributed by atoms with E-state index in [1.165, 1.54) is 20.1 Å². The topological polar surface area (TPSA) is 68.5 Å². The Hall–Kier alpha value is -1.49. The van der Waals surface area contributed by atoms with Crippen molar-refractivity contribution in [2.24, 2.45) is 0 Å². The first-order chi connectivity index (χ1) is 7.95. The normalized spacial score (nSPS) is 13.9. The zero-order valence-electron chi connectivity index (χ0n) is 9.82. The predicted molar refractivity (Wildman–Crippen MR) is 61.9 cm³/mol. The molecule has 94 valence electrons. The molecule has 0 saturated carbocycles. The first-order valence-corrected chi connectivity index (χ1v) is 5.51. The molecule has 5 nitrogen and oxygen atoms in total. The molecule has 1 N–H and O–H groups in total. The van der Waals surface area contributed by atoms with Crippen molar-refractivity contribution in [3.8, 4) is 0 Å². The van der Waals surface area contributed by atoms with Crippen molar-refractivity contribution in [3.05, 3.63) is 23.7 Å². The largest absolute Gasteiger partial charge is 0.467 e. The van der Waals surface area contributed by atoms with Gasteiger partial charge in [-0.1, -0.05) is 0 Å². The molecule has 0 aliphatic rings. The molecule has 0 aliphatic heterocycles. The van der Waals surface area contributed by atoms with E-state index in [4.69, 9.17) is 16.0 Å². The Labute approximate surface area is 104 Å². The van der Waals surface area contributed by atoms with Gasteiger partial charge in [0.15, 0.2) is 5.76 Å². The fourth-order valence-electron chi connectivity index (χ4n) is 1.19. The molecule has 2 atom stereocenters. The van der Waals surface area contributed by atoms with Gasteiger partial charge in [0.25, 0.3) is 5.91 Å². The number of furan rings is 1. The lowest BCUT2D eigenvalue weighted by atomic mass is 10.3. The van der Waals surface area contributed by atoms with E-state index in [1.54, 1.807) is 13.0 Å². The van der Waals surface area contributed by atoms with Crippen LogP contribution < -0.4 is 5.32 Å². The SMILES string of the molecule is COC(=O)C(C)NC(=O)c1ccc(C(C)Cl)o1. The molecule has 0 radical (unpaired) electrons. The number of carbonyl (C=O) groups excluding carboxylic acids is 2. The molecule has 1 aromatic heterocycles. The summed E-state index contributed by atoms with van der Waals surface area (Å²) in [5, 5.41) is 2.14. The highest BCUT2D eigenvalue weighted by Gasteiger charge is 2.19. The molecule has 6 heteroatoms. The minimum absolute atomic E-state index is 0.114. The second kappa shape index (κ2) is 5.72. The van der Waals surface area contributed by atoms with E-state index >= 15 is 0 Å². The number of hydrogen-bond donors (Lipinski definition) is 1. The van der Waals surface area contributed by atoms with E-state index in [9.17, 15) is 9.59 Å². The van der Waals surface area contributed by atoms with Crippen molar-refractivity contribution in [3.63, 3.8) is 0 Å². The predicted octanol–water partition coefficient (Wildman–Crippen LogP) is 1.87. The first-order valence-electron chi connectivity index (χ1n) is 5.08. The average molecular weight is 260 g/mol. The van der Waals surface area contributed by atoms with Crippen LogP contribution in [0.3, 0.4) is 0 Å². The van der Waals surface area contributed by atoms with Gasteiger partial charge in [-0.25, -0.2) is 4.79 Å². The molecular weight excluding hydrogens is 246 g/mol. The standard InChI is InChI=1S/C11H14ClNO4/c1-6(12)8-4-5-9(17-8)10(14)13-7(2)11(15)16-3/h4-7H,1-3H3,(H,13,14). The molecule has 0 fully saturated rings. The Morgan fingerprint density at radius 3 is 2.53 bits per heavy atom. The summed E-state index contributed by atoms with van der Waals surface area (Å²) in [4.78, 5) is 22.8. The number of rotatable bonds is 4. The van der Waals surface area contributed by atoms with E-state index in [2.05, 4.69) is 10.1 Å². The van der Waals surface area contributed by atoms with E-state index in [0.717, 1.165) is 0 Å². The number of alkyl halides is 1. The minimum atomic E-state index is -0.727. The average Bonchev–Trinajstić information content (AvgIpc) is 2.77. The number of hydrogen-bond acceptors (Lipinski definition) is 4. The van der Waals surface area contributed by atoms with Gasteiger partial charge in [-0.2, -0.15) is 0 Å². The number of halogens is 1. The lowest BCUT2D eigenvalue weighted by molar-refractivity contribution is -0.142. The maximum Gasteiger partial charge on any atom is 0.328 e.